The van der Waals surface area contributed by atoms with Crippen molar-refractivity contribution in [2.45, 2.75) is 27.7 Å². The van der Waals surface area contributed by atoms with Crippen molar-refractivity contribution in [1.29, 1.82) is 0 Å². The van der Waals surface area contributed by atoms with Crippen LogP contribution in [0.25, 0.3) is 0 Å². The van der Waals surface area contributed by atoms with E-state index in [0.29, 0.717) is 0 Å². The first-order valence-corrected chi connectivity index (χ1v) is 3.61. The van der Waals surface area contributed by atoms with Crippen molar-refractivity contribution >= 4 is 0 Å². The third-order valence-corrected chi connectivity index (χ3v) is 1.46. The lowest BCUT2D eigenvalue weighted by molar-refractivity contribution is 0.606. The van der Waals surface area contributed by atoms with Gasteiger partial charge in [0.1, 0.15) is 5.83 Å². The zero-order valence-corrected chi connectivity index (χ0v) is 7.11. The molecule has 0 atom stereocenters. The van der Waals surface area contributed by atoms with Gasteiger partial charge in [-0.25, -0.2) is 4.39 Å². The largest absolute Gasteiger partial charge is 0.207 e. The van der Waals surface area contributed by atoms with Crippen molar-refractivity contribution in [3.05, 3.63) is 23.6 Å². The second-order valence-corrected chi connectivity index (χ2v) is 2.54. The Morgan fingerprint density at radius 3 is 1.80 bits per heavy atom. The highest BCUT2D eigenvalue weighted by Crippen LogP contribution is 2.19. The van der Waals surface area contributed by atoms with Crippen molar-refractivity contribution < 1.29 is 4.39 Å². The minimum Gasteiger partial charge on any atom is -0.207 e. The summed E-state index contributed by atoms with van der Waals surface area (Å²) < 4.78 is 12.8. The molecule has 0 N–H and O–H groups in total. The van der Waals surface area contributed by atoms with Crippen molar-refractivity contribution in [2.75, 3.05) is 0 Å². The van der Waals surface area contributed by atoms with Gasteiger partial charge in [-0.1, -0.05) is 26.0 Å². The molecule has 0 aromatic rings. The summed E-state index contributed by atoms with van der Waals surface area (Å²) in [5.41, 5.74) is 0.794. The topological polar surface area (TPSA) is 0 Å². The van der Waals surface area contributed by atoms with Crippen LogP contribution in [0.4, 0.5) is 4.39 Å². The first kappa shape index (κ1) is 9.41. The van der Waals surface area contributed by atoms with Crippen LogP contribution in [-0.2, 0) is 0 Å². The summed E-state index contributed by atoms with van der Waals surface area (Å²) in [7, 11) is 0. The molecular weight excluding hydrogens is 127 g/mol. The van der Waals surface area contributed by atoms with Gasteiger partial charge in [0.2, 0.25) is 0 Å². The zero-order chi connectivity index (χ0) is 8.15. The summed E-state index contributed by atoms with van der Waals surface area (Å²) in [4.78, 5) is 0. The molecule has 0 aromatic heterocycles. The van der Waals surface area contributed by atoms with E-state index in [1.54, 1.807) is 6.92 Å². The van der Waals surface area contributed by atoms with Gasteiger partial charge in [-0.15, -0.1) is 0 Å². The van der Waals surface area contributed by atoms with Gasteiger partial charge in [-0.2, -0.15) is 0 Å². The van der Waals surface area contributed by atoms with Crippen LogP contribution in [0.2, 0.25) is 0 Å². The minimum atomic E-state index is -0.0995. The molecule has 0 heterocycles. The molecule has 0 saturated carbocycles. The Balaban J connectivity index is 4.39. The monoisotopic (exact) mass is 142 g/mol. The van der Waals surface area contributed by atoms with Gasteiger partial charge in [0.15, 0.2) is 0 Å². The van der Waals surface area contributed by atoms with Gasteiger partial charge in [0.25, 0.3) is 0 Å². The molecule has 0 aliphatic heterocycles. The molecule has 0 spiro atoms. The minimum absolute atomic E-state index is 0.0995. The smallest absolute Gasteiger partial charge is 0.122 e. The highest BCUT2D eigenvalue weighted by Gasteiger charge is 2.05. The third-order valence-electron chi connectivity index (χ3n) is 1.46. The van der Waals surface area contributed by atoms with Crippen molar-refractivity contribution in [3.63, 3.8) is 0 Å². The van der Waals surface area contributed by atoms with Crippen LogP contribution < -0.4 is 0 Å². The highest BCUT2D eigenvalue weighted by atomic mass is 19.1. The summed E-state index contributed by atoms with van der Waals surface area (Å²) in [5.74, 6) is 0.179. The quantitative estimate of drug-likeness (QED) is 0.518. The molecule has 0 nitrogen and oxygen atoms in total. The SMILES string of the molecule is C/C=C(\C(F)=C/C)C(C)C. The third kappa shape index (κ3) is 2.34. The average molecular weight is 142 g/mol. The molecule has 0 unspecified atom stereocenters. The van der Waals surface area contributed by atoms with E-state index >= 15 is 0 Å². The predicted molar refractivity (Wildman–Crippen MR) is 43.5 cm³/mol. The van der Waals surface area contributed by atoms with Crippen molar-refractivity contribution in [3.8, 4) is 0 Å². The lowest BCUT2D eigenvalue weighted by Gasteiger charge is -2.06. The van der Waals surface area contributed by atoms with Gasteiger partial charge in [0.05, 0.1) is 0 Å². The maximum absolute atomic E-state index is 12.8. The molecule has 0 bridgehead atoms. The second kappa shape index (κ2) is 4.26. The van der Waals surface area contributed by atoms with E-state index in [1.165, 1.54) is 6.08 Å². The molecular formula is C9H15F. The first-order valence-electron chi connectivity index (χ1n) is 3.61. The van der Waals surface area contributed by atoms with E-state index < -0.39 is 0 Å². The highest BCUT2D eigenvalue weighted by molar-refractivity contribution is 5.25. The van der Waals surface area contributed by atoms with Gasteiger partial charge in [-0.05, 0) is 25.3 Å². The van der Waals surface area contributed by atoms with Crippen LogP contribution in [0.1, 0.15) is 27.7 Å². The van der Waals surface area contributed by atoms with Crippen LogP contribution in [0.3, 0.4) is 0 Å². The van der Waals surface area contributed by atoms with E-state index in [0.717, 1.165) is 5.57 Å². The maximum atomic E-state index is 12.8. The van der Waals surface area contributed by atoms with Gasteiger partial charge >= 0.3 is 0 Å². The summed E-state index contributed by atoms with van der Waals surface area (Å²) in [6.45, 7) is 7.54. The second-order valence-electron chi connectivity index (χ2n) is 2.54. The number of hydrogen-bond acceptors (Lipinski definition) is 0. The Morgan fingerprint density at radius 1 is 1.20 bits per heavy atom. The molecule has 58 valence electrons. The fraction of sp³-hybridized carbons (Fsp3) is 0.556. The van der Waals surface area contributed by atoms with Crippen molar-refractivity contribution in [1.82, 2.24) is 0 Å². The molecule has 0 fully saturated rings. The van der Waals surface area contributed by atoms with E-state index in [9.17, 15) is 4.39 Å². The number of allylic oxidation sites excluding steroid dienone is 4. The molecule has 1 heteroatoms. The van der Waals surface area contributed by atoms with Crippen LogP contribution in [-0.4, -0.2) is 0 Å². The molecule has 0 aromatic carbocycles. The van der Waals surface area contributed by atoms with E-state index in [1.807, 2.05) is 26.8 Å². The average Bonchev–Trinajstić information content (AvgIpc) is 1.88. The number of hydrogen-bond donors (Lipinski definition) is 0. The molecule has 10 heavy (non-hydrogen) atoms. The number of halogens is 1. The Hall–Kier alpha value is -0.590. The molecule has 0 saturated heterocycles. The fourth-order valence-corrected chi connectivity index (χ4v) is 0.914. The fourth-order valence-electron chi connectivity index (χ4n) is 0.914. The maximum Gasteiger partial charge on any atom is 0.122 e. The normalized spacial score (nSPS) is 14.6. The van der Waals surface area contributed by atoms with Gasteiger partial charge in [-0.3, -0.25) is 0 Å². The van der Waals surface area contributed by atoms with Gasteiger partial charge < -0.3 is 0 Å². The van der Waals surface area contributed by atoms with E-state index in [4.69, 9.17) is 0 Å². The van der Waals surface area contributed by atoms with Crippen LogP contribution in [0.5, 0.6) is 0 Å². The Labute approximate surface area is 62.4 Å². The molecule has 0 aliphatic carbocycles. The van der Waals surface area contributed by atoms with Crippen LogP contribution in [0.15, 0.2) is 23.6 Å². The Bertz CT molecular complexity index is 152. The summed E-state index contributed by atoms with van der Waals surface area (Å²) in [6.07, 6.45) is 3.31. The standard InChI is InChI=1S/C9H15F/c1-5-8(7(3)4)9(10)6-2/h5-7H,1-4H3/b8-5-,9-6+. The lowest BCUT2D eigenvalue weighted by atomic mass is 10.0. The molecule has 0 rings (SSSR count). The van der Waals surface area contributed by atoms with E-state index in [-0.39, 0.29) is 11.7 Å². The van der Waals surface area contributed by atoms with E-state index in [2.05, 4.69) is 0 Å². The van der Waals surface area contributed by atoms with Crippen molar-refractivity contribution in [2.24, 2.45) is 5.92 Å². The molecule has 0 radical (unpaired) electrons. The predicted octanol–water partition coefficient (Wildman–Crippen LogP) is 3.46. The lowest BCUT2D eigenvalue weighted by Crippen LogP contribution is -1.93. The number of rotatable bonds is 2. The Kier molecular flexibility index (Phi) is 4.01. The van der Waals surface area contributed by atoms with Crippen LogP contribution >= 0.6 is 0 Å². The molecule has 0 amide bonds. The van der Waals surface area contributed by atoms with Gasteiger partial charge in [0, 0.05) is 0 Å². The Morgan fingerprint density at radius 2 is 1.70 bits per heavy atom. The molecule has 0 aliphatic rings. The zero-order valence-electron chi connectivity index (χ0n) is 7.11. The summed E-state index contributed by atoms with van der Waals surface area (Å²) in [6, 6.07) is 0. The summed E-state index contributed by atoms with van der Waals surface area (Å²) in [5, 5.41) is 0. The van der Waals surface area contributed by atoms with Crippen LogP contribution in [0, 0.1) is 5.92 Å². The summed E-state index contributed by atoms with van der Waals surface area (Å²) >= 11 is 0. The first-order chi connectivity index (χ1) is 4.63.